The summed E-state index contributed by atoms with van der Waals surface area (Å²) >= 11 is 5.09. The van der Waals surface area contributed by atoms with Gasteiger partial charge < -0.3 is 0 Å². The highest BCUT2D eigenvalue weighted by atomic mass is 79.9. The standard InChI is InChI=1S/C22H17BrN2OS/c1-15-7-2-5-12-20(15)25-21(26)18-10-3-4-11-19(18)24-22(25)27-14-16-8-6-9-17(23)13-16/h2-13H,14H2,1H3. The average molecular weight is 437 g/mol. The molecule has 3 aromatic carbocycles. The summed E-state index contributed by atoms with van der Waals surface area (Å²) in [5.41, 5.74) is 3.78. The third-order valence-electron chi connectivity index (χ3n) is 4.36. The van der Waals surface area contributed by atoms with Crippen LogP contribution in [0, 0.1) is 6.92 Å². The minimum Gasteiger partial charge on any atom is -0.268 e. The Bertz CT molecular complexity index is 1190. The third kappa shape index (κ3) is 3.70. The summed E-state index contributed by atoms with van der Waals surface area (Å²) in [5, 5.41) is 1.33. The van der Waals surface area contributed by atoms with Gasteiger partial charge in [-0.05, 0) is 48.4 Å². The summed E-state index contributed by atoms with van der Waals surface area (Å²) < 4.78 is 2.78. The molecule has 0 bridgehead atoms. The van der Waals surface area contributed by atoms with Crippen LogP contribution in [-0.4, -0.2) is 9.55 Å². The minimum atomic E-state index is -0.0355. The first-order chi connectivity index (χ1) is 13.1. The van der Waals surface area contributed by atoms with Crippen LogP contribution in [0.3, 0.4) is 0 Å². The highest BCUT2D eigenvalue weighted by molar-refractivity contribution is 9.10. The number of para-hydroxylation sites is 2. The molecule has 0 aliphatic carbocycles. The summed E-state index contributed by atoms with van der Waals surface area (Å²) in [6.45, 7) is 2.01. The second kappa shape index (κ2) is 7.71. The monoisotopic (exact) mass is 436 g/mol. The molecule has 5 heteroatoms. The molecule has 0 spiro atoms. The van der Waals surface area contributed by atoms with Crippen LogP contribution in [-0.2, 0) is 5.75 Å². The molecule has 4 rings (SSSR count). The van der Waals surface area contributed by atoms with E-state index in [0.717, 1.165) is 27.0 Å². The summed E-state index contributed by atoms with van der Waals surface area (Å²) in [7, 11) is 0. The Kier molecular flexibility index (Phi) is 5.14. The van der Waals surface area contributed by atoms with Gasteiger partial charge in [-0.3, -0.25) is 9.36 Å². The molecule has 0 saturated heterocycles. The lowest BCUT2D eigenvalue weighted by atomic mass is 10.2. The molecule has 1 heterocycles. The quantitative estimate of drug-likeness (QED) is 0.301. The third-order valence-corrected chi connectivity index (χ3v) is 5.86. The van der Waals surface area contributed by atoms with E-state index in [1.54, 1.807) is 16.3 Å². The normalized spacial score (nSPS) is 11.0. The van der Waals surface area contributed by atoms with Gasteiger partial charge in [0.25, 0.3) is 5.56 Å². The molecule has 0 fully saturated rings. The number of thioether (sulfide) groups is 1. The first kappa shape index (κ1) is 18.0. The van der Waals surface area contributed by atoms with E-state index in [-0.39, 0.29) is 5.56 Å². The van der Waals surface area contributed by atoms with E-state index in [1.807, 2.05) is 67.6 Å². The zero-order chi connectivity index (χ0) is 18.8. The number of fused-ring (bicyclic) bond motifs is 1. The Labute approximate surface area is 170 Å². The zero-order valence-electron chi connectivity index (χ0n) is 14.7. The summed E-state index contributed by atoms with van der Waals surface area (Å²) in [6, 6.07) is 23.6. The maximum absolute atomic E-state index is 13.3. The van der Waals surface area contributed by atoms with E-state index in [0.29, 0.717) is 10.5 Å². The second-order valence-electron chi connectivity index (χ2n) is 6.26. The highest BCUT2D eigenvalue weighted by Gasteiger charge is 2.14. The number of aromatic nitrogens is 2. The Balaban J connectivity index is 1.86. The van der Waals surface area contributed by atoms with E-state index in [9.17, 15) is 4.79 Å². The molecule has 0 radical (unpaired) electrons. The maximum Gasteiger partial charge on any atom is 0.266 e. The number of halogens is 1. The van der Waals surface area contributed by atoms with Crippen molar-refractivity contribution in [3.05, 3.63) is 98.7 Å². The van der Waals surface area contributed by atoms with E-state index in [4.69, 9.17) is 4.98 Å². The van der Waals surface area contributed by atoms with Crippen LogP contribution in [0.4, 0.5) is 0 Å². The molecular formula is C22H17BrN2OS. The molecule has 134 valence electrons. The van der Waals surface area contributed by atoms with Crippen molar-refractivity contribution >= 4 is 38.6 Å². The average Bonchev–Trinajstić information content (AvgIpc) is 2.68. The summed E-state index contributed by atoms with van der Waals surface area (Å²) in [6.07, 6.45) is 0. The SMILES string of the molecule is Cc1ccccc1-n1c(SCc2cccc(Br)c2)nc2ccccc2c1=O. The van der Waals surface area contributed by atoms with Gasteiger partial charge in [-0.2, -0.15) is 0 Å². The van der Waals surface area contributed by atoms with Crippen molar-refractivity contribution < 1.29 is 0 Å². The van der Waals surface area contributed by atoms with Gasteiger partial charge in [0.15, 0.2) is 5.16 Å². The molecule has 0 aliphatic heterocycles. The Morgan fingerprint density at radius 1 is 1.00 bits per heavy atom. The van der Waals surface area contributed by atoms with E-state index < -0.39 is 0 Å². The van der Waals surface area contributed by atoms with Gasteiger partial charge >= 0.3 is 0 Å². The van der Waals surface area contributed by atoms with Crippen molar-refractivity contribution in [1.82, 2.24) is 9.55 Å². The van der Waals surface area contributed by atoms with E-state index in [1.165, 1.54) is 5.56 Å². The van der Waals surface area contributed by atoms with Gasteiger partial charge in [-0.25, -0.2) is 4.98 Å². The predicted octanol–water partition coefficient (Wildman–Crippen LogP) is 5.75. The Morgan fingerprint density at radius 3 is 2.59 bits per heavy atom. The highest BCUT2D eigenvalue weighted by Crippen LogP contribution is 2.26. The molecule has 27 heavy (non-hydrogen) atoms. The minimum absolute atomic E-state index is 0.0355. The molecule has 0 saturated carbocycles. The van der Waals surface area contributed by atoms with Crippen molar-refractivity contribution in [2.75, 3.05) is 0 Å². The number of benzene rings is 3. The molecule has 0 atom stereocenters. The molecule has 0 aliphatic rings. The van der Waals surface area contributed by atoms with Crippen molar-refractivity contribution in [3.8, 4) is 5.69 Å². The largest absolute Gasteiger partial charge is 0.268 e. The molecule has 0 amide bonds. The molecule has 1 aromatic heterocycles. The van der Waals surface area contributed by atoms with Crippen LogP contribution in [0.25, 0.3) is 16.6 Å². The van der Waals surface area contributed by atoms with Crippen LogP contribution in [0.1, 0.15) is 11.1 Å². The fourth-order valence-electron chi connectivity index (χ4n) is 3.01. The number of hydrogen-bond donors (Lipinski definition) is 0. The topological polar surface area (TPSA) is 34.9 Å². The lowest BCUT2D eigenvalue weighted by molar-refractivity contribution is 0.814. The molecule has 0 unspecified atom stereocenters. The van der Waals surface area contributed by atoms with Crippen LogP contribution < -0.4 is 5.56 Å². The second-order valence-corrected chi connectivity index (χ2v) is 8.12. The molecule has 3 nitrogen and oxygen atoms in total. The summed E-state index contributed by atoms with van der Waals surface area (Å²) in [5.74, 6) is 0.732. The lowest BCUT2D eigenvalue weighted by Gasteiger charge is -2.15. The Hall–Kier alpha value is -2.37. The van der Waals surface area contributed by atoms with Gasteiger partial charge in [0.1, 0.15) is 0 Å². The molecular weight excluding hydrogens is 420 g/mol. The predicted molar refractivity (Wildman–Crippen MR) is 116 cm³/mol. The van der Waals surface area contributed by atoms with Gasteiger partial charge in [0.2, 0.25) is 0 Å². The maximum atomic E-state index is 13.3. The van der Waals surface area contributed by atoms with Crippen LogP contribution in [0.2, 0.25) is 0 Å². The smallest absolute Gasteiger partial charge is 0.266 e. The number of nitrogens with zero attached hydrogens (tertiary/aromatic N) is 2. The van der Waals surface area contributed by atoms with Gasteiger partial charge in [0, 0.05) is 10.2 Å². The number of rotatable bonds is 4. The van der Waals surface area contributed by atoms with Crippen molar-refractivity contribution in [3.63, 3.8) is 0 Å². The number of hydrogen-bond acceptors (Lipinski definition) is 3. The van der Waals surface area contributed by atoms with Crippen LogP contribution in [0.15, 0.2) is 87.2 Å². The molecule has 0 N–H and O–H groups in total. The van der Waals surface area contributed by atoms with Crippen LogP contribution >= 0.6 is 27.7 Å². The van der Waals surface area contributed by atoms with E-state index in [2.05, 4.69) is 28.1 Å². The number of aryl methyl sites for hydroxylation is 1. The lowest BCUT2D eigenvalue weighted by Crippen LogP contribution is -2.22. The van der Waals surface area contributed by atoms with Crippen molar-refractivity contribution in [2.45, 2.75) is 17.8 Å². The fraction of sp³-hybridized carbons (Fsp3) is 0.0909. The first-order valence-electron chi connectivity index (χ1n) is 8.58. The van der Waals surface area contributed by atoms with Gasteiger partial charge in [-0.15, -0.1) is 0 Å². The van der Waals surface area contributed by atoms with Crippen LogP contribution in [0.5, 0.6) is 0 Å². The Morgan fingerprint density at radius 2 is 1.78 bits per heavy atom. The zero-order valence-corrected chi connectivity index (χ0v) is 17.1. The molecule has 4 aromatic rings. The summed E-state index contributed by atoms with van der Waals surface area (Å²) in [4.78, 5) is 18.1. The van der Waals surface area contributed by atoms with Gasteiger partial charge in [0.05, 0.1) is 16.6 Å². The first-order valence-corrected chi connectivity index (χ1v) is 10.4. The van der Waals surface area contributed by atoms with Crippen molar-refractivity contribution in [1.29, 1.82) is 0 Å². The van der Waals surface area contributed by atoms with E-state index >= 15 is 0 Å². The fourth-order valence-corrected chi connectivity index (χ4v) is 4.41. The van der Waals surface area contributed by atoms with Gasteiger partial charge in [-0.1, -0.05) is 70.2 Å². The van der Waals surface area contributed by atoms with Crippen molar-refractivity contribution in [2.24, 2.45) is 0 Å².